The van der Waals surface area contributed by atoms with Gasteiger partial charge in [-0.3, -0.25) is 9.69 Å². The molecule has 1 amide bonds. The summed E-state index contributed by atoms with van der Waals surface area (Å²) >= 11 is 0. The molecule has 5 nitrogen and oxygen atoms in total. The van der Waals surface area contributed by atoms with Crippen LogP contribution >= 0.6 is 0 Å². The number of piperidine rings is 1. The smallest absolute Gasteiger partial charge is 0.236 e. The third-order valence-corrected chi connectivity index (χ3v) is 7.30. The van der Waals surface area contributed by atoms with Crippen molar-refractivity contribution in [1.82, 2.24) is 9.80 Å². The van der Waals surface area contributed by atoms with E-state index in [1.54, 1.807) is 0 Å². The van der Waals surface area contributed by atoms with Crippen LogP contribution in [0.5, 0.6) is 0 Å². The van der Waals surface area contributed by atoms with Gasteiger partial charge in [0.05, 0.1) is 18.1 Å². The number of hydrogen-bond acceptors (Lipinski definition) is 4. The van der Waals surface area contributed by atoms with Crippen molar-refractivity contribution in [1.29, 1.82) is 0 Å². The number of likely N-dealkylation sites (N-methyl/N-ethyl adjacent to an activating group) is 1. The number of benzene rings is 1. The fourth-order valence-corrected chi connectivity index (χ4v) is 5.70. The van der Waals surface area contributed by atoms with Gasteiger partial charge in [-0.15, -0.1) is 0 Å². The Bertz CT molecular complexity index is 682. The van der Waals surface area contributed by atoms with E-state index < -0.39 is 9.84 Å². The van der Waals surface area contributed by atoms with E-state index in [4.69, 9.17) is 0 Å². The maximum atomic E-state index is 12.5. The van der Waals surface area contributed by atoms with Gasteiger partial charge in [-0.25, -0.2) is 8.42 Å². The quantitative estimate of drug-likeness (QED) is 0.796. The predicted octanol–water partition coefficient (Wildman–Crippen LogP) is 1.59. The predicted molar refractivity (Wildman–Crippen MR) is 99.1 cm³/mol. The highest BCUT2D eigenvalue weighted by Crippen LogP contribution is 2.22. The van der Waals surface area contributed by atoms with Crippen LogP contribution < -0.4 is 0 Å². The SMILES string of the molecule is CN(CC(=O)N1CCC(Cc2ccccc2)CC1)[C@@H]1CCS(=O)(=O)C1. The Morgan fingerprint density at radius 3 is 2.44 bits per heavy atom. The summed E-state index contributed by atoms with van der Waals surface area (Å²) in [7, 11) is -1.04. The summed E-state index contributed by atoms with van der Waals surface area (Å²) in [6.07, 6.45) is 3.82. The van der Waals surface area contributed by atoms with Crippen LogP contribution in [0.25, 0.3) is 0 Å². The standard InChI is InChI=1S/C19H28N2O3S/c1-20(18-9-12-25(23,24)15-18)14-19(22)21-10-7-17(8-11-21)13-16-5-3-2-4-6-16/h2-6,17-18H,7-15H2,1H3/t18-/m1/s1. The van der Waals surface area contributed by atoms with Crippen LogP contribution in [-0.2, 0) is 21.1 Å². The van der Waals surface area contributed by atoms with E-state index in [1.165, 1.54) is 5.56 Å². The molecule has 1 aromatic rings. The summed E-state index contributed by atoms with van der Waals surface area (Å²) in [5.41, 5.74) is 1.37. The minimum atomic E-state index is -2.90. The Balaban J connectivity index is 1.44. The first-order valence-corrected chi connectivity index (χ1v) is 11.0. The number of hydrogen-bond donors (Lipinski definition) is 0. The second-order valence-electron chi connectivity index (χ2n) is 7.49. The maximum Gasteiger partial charge on any atom is 0.236 e. The van der Waals surface area contributed by atoms with Crippen molar-refractivity contribution in [2.75, 3.05) is 38.2 Å². The maximum absolute atomic E-state index is 12.5. The first-order valence-electron chi connectivity index (χ1n) is 9.15. The van der Waals surface area contributed by atoms with Crippen LogP contribution in [-0.4, -0.2) is 68.4 Å². The fraction of sp³-hybridized carbons (Fsp3) is 0.632. The first kappa shape index (κ1) is 18.4. The molecule has 2 fully saturated rings. The number of carbonyl (C=O) groups excluding carboxylic acids is 1. The molecule has 1 aromatic carbocycles. The van der Waals surface area contributed by atoms with E-state index in [2.05, 4.69) is 24.3 Å². The van der Waals surface area contributed by atoms with Crippen molar-refractivity contribution < 1.29 is 13.2 Å². The van der Waals surface area contributed by atoms with E-state index in [0.717, 1.165) is 32.4 Å². The van der Waals surface area contributed by atoms with E-state index >= 15 is 0 Å². The molecule has 0 unspecified atom stereocenters. The normalized spacial score (nSPS) is 23.9. The minimum absolute atomic E-state index is 0.00966. The highest BCUT2D eigenvalue weighted by Gasteiger charge is 2.32. The number of likely N-dealkylation sites (tertiary alicyclic amines) is 1. The van der Waals surface area contributed by atoms with Crippen molar-refractivity contribution in [2.45, 2.75) is 31.7 Å². The van der Waals surface area contributed by atoms with Crippen LogP contribution in [0.2, 0.25) is 0 Å². The van der Waals surface area contributed by atoms with E-state index in [9.17, 15) is 13.2 Å². The lowest BCUT2D eigenvalue weighted by molar-refractivity contribution is -0.133. The van der Waals surface area contributed by atoms with Crippen molar-refractivity contribution in [2.24, 2.45) is 5.92 Å². The summed E-state index contributed by atoms with van der Waals surface area (Å²) < 4.78 is 23.2. The van der Waals surface area contributed by atoms with Gasteiger partial charge in [-0.05, 0) is 44.2 Å². The van der Waals surface area contributed by atoms with Gasteiger partial charge in [-0.2, -0.15) is 0 Å². The summed E-state index contributed by atoms with van der Waals surface area (Å²) in [6.45, 7) is 1.95. The van der Waals surface area contributed by atoms with Crippen LogP contribution in [0.3, 0.4) is 0 Å². The number of carbonyl (C=O) groups is 1. The molecule has 0 N–H and O–H groups in total. The molecule has 2 heterocycles. The summed E-state index contributed by atoms with van der Waals surface area (Å²) in [5.74, 6) is 1.21. The summed E-state index contributed by atoms with van der Waals surface area (Å²) in [6, 6.07) is 10.5. The van der Waals surface area contributed by atoms with Gasteiger partial charge in [0.1, 0.15) is 0 Å². The lowest BCUT2D eigenvalue weighted by atomic mass is 9.90. The molecule has 0 radical (unpaired) electrons. The van der Waals surface area contributed by atoms with E-state index in [1.807, 2.05) is 22.9 Å². The van der Waals surface area contributed by atoms with E-state index in [-0.39, 0.29) is 23.5 Å². The molecule has 2 aliphatic heterocycles. The highest BCUT2D eigenvalue weighted by molar-refractivity contribution is 7.91. The van der Waals surface area contributed by atoms with Crippen molar-refractivity contribution in [3.63, 3.8) is 0 Å². The average molecular weight is 365 g/mol. The van der Waals surface area contributed by atoms with Gasteiger partial charge in [0.15, 0.2) is 9.84 Å². The van der Waals surface area contributed by atoms with Gasteiger partial charge in [0, 0.05) is 19.1 Å². The molecular weight excluding hydrogens is 336 g/mol. The van der Waals surface area contributed by atoms with Crippen LogP contribution in [0, 0.1) is 5.92 Å². The van der Waals surface area contributed by atoms with Gasteiger partial charge >= 0.3 is 0 Å². The van der Waals surface area contributed by atoms with Crippen LogP contribution in [0.15, 0.2) is 30.3 Å². The number of nitrogens with zero attached hydrogens (tertiary/aromatic N) is 2. The molecule has 0 spiro atoms. The second-order valence-corrected chi connectivity index (χ2v) is 9.71. The molecule has 0 bridgehead atoms. The lowest BCUT2D eigenvalue weighted by Crippen LogP contribution is -2.46. The number of sulfone groups is 1. The van der Waals surface area contributed by atoms with E-state index in [0.29, 0.717) is 18.9 Å². The average Bonchev–Trinajstić information content (AvgIpc) is 2.96. The van der Waals surface area contributed by atoms with Crippen molar-refractivity contribution >= 4 is 15.7 Å². The monoisotopic (exact) mass is 364 g/mol. The zero-order valence-electron chi connectivity index (χ0n) is 14.9. The zero-order chi connectivity index (χ0) is 17.9. The first-order chi connectivity index (χ1) is 11.9. The molecule has 2 saturated heterocycles. The Kier molecular flexibility index (Phi) is 5.79. The fourth-order valence-electron chi connectivity index (χ4n) is 3.90. The topological polar surface area (TPSA) is 57.7 Å². The van der Waals surface area contributed by atoms with Gasteiger partial charge in [0.25, 0.3) is 0 Å². The molecule has 2 aliphatic rings. The van der Waals surface area contributed by atoms with Gasteiger partial charge < -0.3 is 4.90 Å². The third-order valence-electron chi connectivity index (χ3n) is 5.55. The second kappa shape index (κ2) is 7.87. The lowest BCUT2D eigenvalue weighted by Gasteiger charge is -2.34. The molecule has 3 rings (SSSR count). The number of rotatable bonds is 5. The van der Waals surface area contributed by atoms with Gasteiger partial charge in [0.2, 0.25) is 5.91 Å². The molecule has 138 valence electrons. The highest BCUT2D eigenvalue weighted by atomic mass is 32.2. The minimum Gasteiger partial charge on any atom is -0.342 e. The third kappa shape index (κ3) is 5.05. The Labute approximate surface area is 150 Å². The van der Waals surface area contributed by atoms with Gasteiger partial charge in [-0.1, -0.05) is 30.3 Å². The van der Waals surface area contributed by atoms with Crippen LogP contribution in [0.1, 0.15) is 24.8 Å². The summed E-state index contributed by atoms with van der Waals surface area (Å²) in [5, 5.41) is 0. The Hall–Kier alpha value is -1.40. The molecule has 0 aromatic heterocycles. The van der Waals surface area contributed by atoms with Crippen molar-refractivity contribution in [3.05, 3.63) is 35.9 Å². The largest absolute Gasteiger partial charge is 0.342 e. The molecule has 25 heavy (non-hydrogen) atoms. The number of amides is 1. The molecular formula is C19H28N2O3S. The Morgan fingerprint density at radius 2 is 1.84 bits per heavy atom. The molecule has 0 saturated carbocycles. The Morgan fingerprint density at radius 1 is 1.16 bits per heavy atom. The van der Waals surface area contributed by atoms with Crippen LogP contribution in [0.4, 0.5) is 0 Å². The van der Waals surface area contributed by atoms with Crippen molar-refractivity contribution in [3.8, 4) is 0 Å². The molecule has 0 aliphatic carbocycles. The zero-order valence-corrected chi connectivity index (χ0v) is 15.7. The molecule has 1 atom stereocenters. The summed E-state index contributed by atoms with van der Waals surface area (Å²) in [4.78, 5) is 16.4. The molecule has 6 heteroatoms.